The summed E-state index contributed by atoms with van der Waals surface area (Å²) in [5.74, 6) is -1.25. The van der Waals surface area contributed by atoms with Crippen molar-refractivity contribution in [2.45, 2.75) is 18.9 Å². The first-order valence-electron chi connectivity index (χ1n) is 5.94. The summed E-state index contributed by atoms with van der Waals surface area (Å²) in [6, 6.07) is 3.06. The van der Waals surface area contributed by atoms with Crippen LogP contribution in [0.4, 0.5) is 0 Å². The van der Waals surface area contributed by atoms with Gasteiger partial charge in [0.05, 0.1) is 7.11 Å². The van der Waals surface area contributed by atoms with E-state index >= 15 is 0 Å². The summed E-state index contributed by atoms with van der Waals surface area (Å²) in [4.78, 5) is 25.3. The number of benzene rings is 1. The predicted octanol–water partition coefficient (Wildman–Crippen LogP) is 0.875. The fourth-order valence-electron chi connectivity index (χ4n) is 2.28. The van der Waals surface area contributed by atoms with Gasteiger partial charge in [0, 0.05) is 18.2 Å². The highest BCUT2D eigenvalue weighted by Gasteiger charge is 2.35. The van der Waals surface area contributed by atoms with E-state index in [4.69, 9.17) is 0 Å². The second kappa shape index (κ2) is 5.17. The molecule has 2 rings (SSSR count). The second-order valence-electron chi connectivity index (χ2n) is 4.42. The van der Waals surface area contributed by atoms with Crippen molar-refractivity contribution in [1.82, 2.24) is 4.90 Å². The summed E-state index contributed by atoms with van der Waals surface area (Å²) in [7, 11) is 1.28. The predicted molar refractivity (Wildman–Crippen MR) is 65.8 cm³/mol. The third-order valence-electron chi connectivity index (χ3n) is 3.14. The van der Waals surface area contributed by atoms with Crippen LogP contribution in [0.3, 0.4) is 0 Å². The topological polar surface area (TPSA) is 87.1 Å². The molecule has 0 bridgehead atoms. The first-order chi connectivity index (χ1) is 9.02. The molecule has 1 aromatic carbocycles. The van der Waals surface area contributed by atoms with Gasteiger partial charge in [-0.15, -0.1) is 0 Å². The lowest BCUT2D eigenvalue weighted by Crippen LogP contribution is -2.41. The van der Waals surface area contributed by atoms with Crippen molar-refractivity contribution >= 4 is 11.9 Å². The van der Waals surface area contributed by atoms with E-state index in [0.29, 0.717) is 13.0 Å². The molecule has 1 aliphatic rings. The second-order valence-corrected chi connectivity index (χ2v) is 4.42. The Labute approximate surface area is 110 Å². The van der Waals surface area contributed by atoms with Gasteiger partial charge in [-0.25, -0.2) is 4.79 Å². The van der Waals surface area contributed by atoms with Gasteiger partial charge in [-0.2, -0.15) is 0 Å². The van der Waals surface area contributed by atoms with Crippen molar-refractivity contribution in [2.24, 2.45) is 0 Å². The Morgan fingerprint density at radius 3 is 2.47 bits per heavy atom. The van der Waals surface area contributed by atoms with Crippen LogP contribution >= 0.6 is 0 Å². The molecule has 1 heterocycles. The highest BCUT2D eigenvalue weighted by atomic mass is 16.5. The number of carbonyl (C=O) groups is 2. The zero-order valence-corrected chi connectivity index (χ0v) is 10.5. The number of methoxy groups -OCH3 is 1. The summed E-state index contributed by atoms with van der Waals surface area (Å²) in [6.45, 7) is 0.453. The number of carbonyl (C=O) groups excluding carboxylic acids is 2. The molecule has 19 heavy (non-hydrogen) atoms. The molecule has 0 aliphatic carbocycles. The molecule has 0 aromatic heterocycles. The minimum atomic E-state index is -0.595. The Bertz CT molecular complexity index is 494. The van der Waals surface area contributed by atoms with E-state index < -0.39 is 17.9 Å². The van der Waals surface area contributed by atoms with Gasteiger partial charge in [0.15, 0.2) is 0 Å². The number of phenolic OH excluding ortho intramolecular Hbond substituents is 2. The van der Waals surface area contributed by atoms with E-state index in [2.05, 4.69) is 4.74 Å². The van der Waals surface area contributed by atoms with E-state index in [-0.39, 0.29) is 17.1 Å². The van der Waals surface area contributed by atoms with Crippen molar-refractivity contribution in [3.05, 3.63) is 23.8 Å². The van der Waals surface area contributed by atoms with Gasteiger partial charge < -0.3 is 19.8 Å². The lowest BCUT2D eigenvalue weighted by molar-refractivity contribution is -0.145. The number of esters is 1. The zero-order valence-electron chi connectivity index (χ0n) is 10.5. The Morgan fingerprint density at radius 1 is 1.26 bits per heavy atom. The maximum absolute atomic E-state index is 12.3. The minimum Gasteiger partial charge on any atom is -0.508 e. The van der Waals surface area contributed by atoms with Crippen LogP contribution in [0.2, 0.25) is 0 Å². The molecule has 1 saturated heterocycles. The number of ether oxygens (including phenoxy) is 1. The number of phenols is 2. The highest BCUT2D eigenvalue weighted by Crippen LogP contribution is 2.25. The standard InChI is InChI=1S/C13H15NO5/c1-19-13(18)11-3-2-4-14(11)12(17)8-5-9(15)7-10(16)6-8/h5-7,11,15-16H,2-4H2,1H3. The van der Waals surface area contributed by atoms with Crippen molar-refractivity contribution in [3.63, 3.8) is 0 Å². The summed E-state index contributed by atoms with van der Waals surface area (Å²) in [5.41, 5.74) is 0.147. The molecule has 1 fully saturated rings. The van der Waals surface area contributed by atoms with Crippen LogP contribution in [0, 0.1) is 0 Å². The van der Waals surface area contributed by atoms with E-state index in [0.717, 1.165) is 12.5 Å². The molecular weight excluding hydrogens is 250 g/mol. The van der Waals surface area contributed by atoms with Crippen molar-refractivity contribution < 1.29 is 24.5 Å². The molecule has 2 N–H and O–H groups in total. The number of rotatable bonds is 2. The van der Waals surface area contributed by atoms with Gasteiger partial charge in [0.1, 0.15) is 17.5 Å². The zero-order chi connectivity index (χ0) is 14.0. The first kappa shape index (κ1) is 13.2. The highest BCUT2D eigenvalue weighted by molar-refractivity contribution is 5.97. The number of likely N-dealkylation sites (tertiary alicyclic amines) is 1. The Balaban J connectivity index is 2.25. The maximum Gasteiger partial charge on any atom is 0.328 e. The van der Waals surface area contributed by atoms with Gasteiger partial charge in [0.25, 0.3) is 5.91 Å². The fourth-order valence-corrected chi connectivity index (χ4v) is 2.28. The molecule has 1 atom stereocenters. The monoisotopic (exact) mass is 265 g/mol. The molecule has 6 nitrogen and oxygen atoms in total. The number of aromatic hydroxyl groups is 2. The largest absolute Gasteiger partial charge is 0.508 e. The Kier molecular flexibility index (Phi) is 3.59. The summed E-state index contributed by atoms with van der Waals surface area (Å²) in [5, 5.41) is 18.8. The van der Waals surface area contributed by atoms with Crippen LogP contribution in [-0.2, 0) is 9.53 Å². The average molecular weight is 265 g/mol. The van der Waals surface area contributed by atoms with Crippen molar-refractivity contribution in [3.8, 4) is 11.5 Å². The fraction of sp³-hybridized carbons (Fsp3) is 0.385. The SMILES string of the molecule is COC(=O)C1CCCN1C(=O)c1cc(O)cc(O)c1. The Morgan fingerprint density at radius 2 is 1.89 bits per heavy atom. The van der Waals surface area contributed by atoms with Gasteiger partial charge in [-0.1, -0.05) is 0 Å². The quantitative estimate of drug-likeness (QED) is 0.775. The maximum atomic E-state index is 12.3. The molecule has 0 saturated carbocycles. The van der Waals surface area contributed by atoms with Crippen LogP contribution in [0.1, 0.15) is 23.2 Å². The number of hydrogen-bond donors (Lipinski definition) is 2. The van der Waals surface area contributed by atoms with Crippen molar-refractivity contribution in [1.29, 1.82) is 0 Å². The van der Waals surface area contributed by atoms with Crippen LogP contribution in [0.15, 0.2) is 18.2 Å². The number of nitrogens with zero attached hydrogens (tertiary/aromatic N) is 1. The van der Waals surface area contributed by atoms with Gasteiger partial charge in [0.2, 0.25) is 0 Å². The van der Waals surface area contributed by atoms with E-state index in [1.807, 2.05) is 0 Å². The lowest BCUT2D eigenvalue weighted by Gasteiger charge is -2.22. The van der Waals surface area contributed by atoms with Crippen molar-refractivity contribution in [2.75, 3.05) is 13.7 Å². The number of amides is 1. The summed E-state index contributed by atoms with van der Waals surface area (Å²) in [6.07, 6.45) is 1.28. The minimum absolute atomic E-state index is 0.147. The van der Waals surface area contributed by atoms with Crippen LogP contribution in [0.5, 0.6) is 11.5 Å². The average Bonchev–Trinajstić information content (AvgIpc) is 2.84. The smallest absolute Gasteiger partial charge is 0.328 e. The molecule has 1 aliphatic heterocycles. The molecule has 0 spiro atoms. The molecule has 6 heteroatoms. The van der Waals surface area contributed by atoms with Gasteiger partial charge >= 0.3 is 5.97 Å². The third-order valence-corrected chi connectivity index (χ3v) is 3.14. The molecular formula is C13H15NO5. The Hall–Kier alpha value is -2.24. The van der Waals surface area contributed by atoms with Crippen LogP contribution < -0.4 is 0 Å². The lowest BCUT2D eigenvalue weighted by atomic mass is 10.1. The molecule has 0 radical (unpaired) electrons. The van der Waals surface area contributed by atoms with Gasteiger partial charge in [-0.05, 0) is 25.0 Å². The van der Waals surface area contributed by atoms with E-state index in [1.165, 1.54) is 24.1 Å². The van der Waals surface area contributed by atoms with E-state index in [1.54, 1.807) is 0 Å². The molecule has 1 amide bonds. The third kappa shape index (κ3) is 2.62. The first-order valence-corrected chi connectivity index (χ1v) is 5.94. The molecule has 1 aromatic rings. The van der Waals surface area contributed by atoms with Gasteiger partial charge in [-0.3, -0.25) is 4.79 Å². The van der Waals surface area contributed by atoms with Crippen LogP contribution in [0.25, 0.3) is 0 Å². The normalized spacial score (nSPS) is 18.4. The molecule has 102 valence electrons. The van der Waals surface area contributed by atoms with E-state index in [9.17, 15) is 19.8 Å². The summed E-state index contributed by atoms with van der Waals surface area (Å²) < 4.78 is 4.67. The molecule has 1 unspecified atom stereocenters. The summed E-state index contributed by atoms with van der Waals surface area (Å²) >= 11 is 0. The van der Waals surface area contributed by atoms with Crippen LogP contribution in [-0.4, -0.2) is 46.7 Å². The number of hydrogen-bond acceptors (Lipinski definition) is 5.